The summed E-state index contributed by atoms with van der Waals surface area (Å²) in [7, 11) is 1.98. The van der Waals surface area contributed by atoms with Gasteiger partial charge in [-0.1, -0.05) is 82.3 Å². The molecular weight excluding hydrogens is 326 g/mol. The van der Waals surface area contributed by atoms with E-state index in [2.05, 4.69) is 10.3 Å². The minimum Gasteiger partial charge on any atom is -0.481 e. The lowest BCUT2D eigenvalue weighted by molar-refractivity contribution is -0.137. The molecule has 0 saturated heterocycles. The van der Waals surface area contributed by atoms with E-state index in [9.17, 15) is 4.79 Å². The van der Waals surface area contributed by atoms with Crippen molar-refractivity contribution >= 4 is 5.97 Å². The number of unbranched alkanes of at least 4 members (excludes halogenated alkanes) is 13. The highest BCUT2D eigenvalue weighted by molar-refractivity contribution is 5.66. The summed E-state index contributed by atoms with van der Waals surface area (Å²) in [5.41, 5.74) is 2.36. The zero-order valence-corrected chi connectivity index (χ0v) is 17.0. The third-order valence-corrected chi connectivity index (χ3v) is 5.19. The maximum Gasteiger partial charge on any atom is 0.303 e. The molecule has 1 rings (SSSR count). The highest BCUT2D eigenvalue weighted by Gasteiger charge is 2.05. The van der Waals surface area contributed by atoms with Crippen LogP contribution in [0.15, 0.2) is 0 Å². The predicted molar refractivity (Wildman–Crippen MR) is 106 cm³/mol. The molecule has 150 valence electrons. The lowest BCUT2D eigenvalue weighted by Gasteiger charge is -2.04. The SMILES string of the molecule is Cc1nnn(C)c1CCCCCCCCCCCCCCCCC(=O)O. The van der Waals surface area contributed by atoms with Gasteiger partial charge in [-0.2, -0.15) is 0 Å². The molecule has 1 aromatic rings. The first-order valence-corrected chi connectivity index (χ1v) is 10.7. The van der Waals surface area contributed by atoms with Crippen molar-refractivity contribution in [1.82, 2.24) is 15.0 Å². The number of aliphatic carboxylic acids is 1. The van der Waals surface area contributed by atoms with E-state index >= 15 is 0 Å². The second-order valence-electron chi connectivity index (χ2n) is 7.59. The molecule has 0 saturated carbocycles. The van der Waals surface area contributed by atoms with Crippen LogP contribution in [0.5, 0.6) is 0 Å². The number of aromatic nitrogens is 3. The van der Waals surface area contributed by atoms with E-state index in [1.54, 1.807) is 0 Å². The molecule has 0 bridgehead atoms. The molecule has 1 aromatic heterocycles. The van der Waals surface area contributed by atoms with E-state index in [0.717, 1.165) is 25.0 Å². The fourth-order valence-electron chi connectivity index (χ4n) is 3.51. The monoisotopic (exact) mass is 365 g/mol. The molecule has 1 N–H and O–H groups in total. The Bertz CT molecular complexity index is 466. The topological polar surface area (TPSA) is 68.0 Å². The number of carbonyl (C=O) groups is 1. The van der Waals surface area contributed by atoms with E-state index < -0.39 is 5.97 Å². The molecule has 0 aliphatic carbocycles. The molecular formula is C21H39N3O2. The van der Waals surface area contributed by atoms with Crippen LogP contribution >= 0.6 is 0 Å². The van der Waals surface area contributed by atoms with Crippen LogP contribution < -0.4 is 0 Å². The first kappa shape index (κ1) is 22.7. The molecule has 1 heterocycles. The lowest BCUT2D eigenvalue weighted by atomic mass is 10.0. The standard InChI is InChI=1S/C21H39N3O2/c1-19-20(24(2)23-22-19)17-15-13-11-9-7-5-3-4-6-8-10-12-14-16-18-21(25)26/h3-18H2,1-2H3,(H,25,26). The van der Waals surface area contributed by atoms with E-state index in [1.165, 1.54) is 82.7 Å². The number of aryl methyl sites for hydroxylation is 2. The molecule has 0 spiro atoms. The number of carboxylic acid groups (broad SMARTS) is 1. The fourth-order valence-corrected chi connectivity index (χ4v) is 3.51. The van der Waals surface area contributed by atoms with Gasteiger partial charge in [0.15, 0.2) is 0 Å². The van der Waals surface area contributed by atoms with Gasteiger partial charge < -0.3 is 5.11 Å². The molecule has 0 fully saturated rings. The summed E-state index contributed by atoms with van der Waals surface area (Å²) in [4.78, 5) is 10.4. The zero-order chi connectivity index (χ0) is 19.0. The van der Waals surface area contributed by atoms with Crippen LogP contribution in [0.1, 0.15) is 108 Å². The first-order valence-electron chi connectivity index (χ1n) is 10.7. The quantitative estimate of drug-likeness (QED) is 0.365. The van der Waals surface area contributed by atoms with Crippen molar-refractivity contribution in [1.29, 1.82) is 0 Å². The van der Waals surface area contributed by atoms with Crippen molar-refractivity contribution in [2.75, 3.05) is 0 Å². The molecule has 5 nitrogen and oxygen atoms in total. The van der Waals surface area contributed by atoms with Crippen LogP contribution in [0.4, 0.5) is 0 Å². The van der Waals surface area contributed by atoms with E-state index in [1.807, 2.05) is 18.7 Å². The first-order chi connectivity index (χ1) is 12.6. The molecule has 5 heteroatoms. The van der Waals surface area contributed by atoms with Gasteiger partial charge in [0.25, 0.3) is 0 Å². The minimum atomic E-state index is -0.661. The van der Waals surface area contributed by atoms with Crippen molar-refractivity contribution in [3.05, 3.63) is 11.4 Å². The van der Waals surface area contributed by atoms with Gasteiger partial charge in [0.1, 0.15) is 0 Å². The highest BCUT2D eigenvalue weighted by Crippen LogP contribution is 2.14. The number of hydrogen-bond acceptors (Lipinski definition) is 3. The molecule has 0 unspecified atom stereocenters. The summed E-state index contributed by atoms with van der Waals surface area (Å²) in [6, 6.07) is 0. The Morgan fingerprint density at radius 3 is 1.62 bits per heavy atom. The van der Waals surface area contributed by atoms with Crippen molar-refractivity contribution in [2.45, 2.75) is 110 Å². The van der Waals surface area contributed by atoms with Crippen LogP contribution in [0, 0.1) is 6.92 Å². The van der Waals surface area contributed by atoms with Crippen LogP contribution in [0.25, 0.3) is 0 Å². The average Bonchev–Trinajstić information content (AvgIpc) is 2.92. The number of nitrogens with zero attached hydrogens (tertiary/aromatic N) is 3. The molecule has 0 aliphatic heterocycles. The molecule has 0 amide bonds. The van der Waals surface area contributed by atoms with Crippen molar-refractivity contribution < 1.29 is 9.90 Å². The Morgan fingerprint density at radius 2 is 1.23 bits per heavy atom. The van der Waals surface area contributed by atoms with Gasteiger partial charge in [-0.3, -0.25) is 9.48 Å². The van der Waals surface area contributed by atoms with Gasteiger partial charge in [-0.25, -0.2) is 0 Å². The van der Waals surface area contributed by atoms with E-state index in [0.29, 0.717) is 6.42 Å². The van der Waals surface area contributed by atoms with Crippen LogP contribution in [0.3, 0.4) is 0 Å². The van der Waals surface area contributed by atoms with E-state index in [4.69, 9.17) is 5.11 Å². The number of carboxylic acids is 1. The maximum absolute atomic E-state index is 10.4. The summed E-state index contributed by atoms with van der Waals surface area (Å²) in [5, 5.41) is 16.7. The van der Waals surface area contributed by atoms with Crippen LogP contribution in [-0.4, -0.2) is 26.1 Å². The fraction of sp³-hybridized carbons (Fsp3) is 0.857. The Morgan fingerprint density at radius 1 is 0.808 bits per heavy atom. The van der Waals surface area contributed by atoms with Gasteiger partial charge in [0.2, 0.25) is 0 Å². The minimum absolute atomic E-state index is 0.334. The van der Waals surface area contributed by atoms with Gasteiger partial charge in [0, 0.05) is 13.5 Å². The Balaban J connectivity index is 1.76. The zero-order valence-electron chi connectivity index (χ0n) is 17.0. The average molecular weight is 366 g/mol. The summed E-state index contributed by atoms with van der Waals surface area (Å²) >= 11 is 0. The predicted octanol–water partition coefficient (Wildman–Crippen LogP) is 5.60. The summed E-state index contributed by atoms with van der Waals surface area (Å²) in [6.45, 7) is 2.04. The van der Waals surface area contributed by atoms with Crippen LogP contribution in [0.2, 0.25) is 0 Å². The van der Waals surface area contributed by atoms with Gasteiger partial charge in [-0.05, 0) is 26.2 Å². The second kappa shape index (κ2) is 14.7. The number of rotatable bonds is 17. The third kappa shape index (κ3) is 11.3. The van der Waals surface area contributed by atoms with Gasteiger partial charge >= 0.3 is 5.97 Å². The highest BCUT2D eigenvalue weighted by atomic mass is 16.4. The maximum atomic E-state index is 10.4. The van der Waals surface area contributed by atoms with Crippen molar-refractivity contribution in [2.24, 2.45) is 7.05 Å². The molecule has 0 aliphatic rings. The number of hydrogen-bond donors (Lipinski definition) is 1. The van der Waals surface area contributed by atoms with Gasteiger partial charge in [0.05, 0.1) is 11.4 Å². The molecule has 0 aromatic carbocycles. The summed E-state index contributed by atoms with van der Waals surface area (Å²) in [6.07, 6.45) is 19.2. The largest absolute Gasteiger partial charge is 0.481 e. The van der Waals surface area contributed by atoms with Crippen molar-refractivity contribution in [3.63, 3.8) is 0 Å². The second-order valence-corrected chi connectivity index (χ2v) is 7.59. The smallest absolute Gasteiger partial charge is 0.303 e. The van der Waals surface area contributed by atoms with Gasteiger partial charge in [-0.15, -0.1) is 5.10 Å². The van der Waals surface area contributed by atoms with E-state index in [-0.39, 0.29) is 0 Å². The Kier molecular flexibility index (Phi) is 12.8. The Hall–Kier alpha value is -1.39. The molecule has 0 atom stereocenters. The summed E-state index contributed by atoms with van der Waals surface area (Å²) in [5.74, 6) is -0.661. The normalized spacial score (nSPS) is 11.2. The molecule has 26 heavy (non-hydrogen) atoms. The summed E-state index contributed by atoms with van der Waals surface area (Å²) < 4.78 is 1.91. The molecule has 0 radical (unpaired) electrons. The van der Waals surface area contributed by atoms with Crippen molar-refractivity contribution in [3.8, 4) is 0 Å². The Labute approximate surface area is 159 Å². The van der Waals surface area contributed by atoms with Crippen LogP contribution in [-0.2, 0) is 18.3 Å². The lowest BCUT2D eigenvalue weighted by Crippen LogP contribution is -1.99. The third-order valence-electron chi connectivity index (χ3n) is 5.19.